The number of carbonyl (C=O) groups excluding carboxylic acids is 2. The van der Waals surface area contributed by atoms with E-state index in [1.165, 1.54) is 23.4 Å². The van der Waals surface area contributed by atoms with Gasteiger partial charge in [0.2, 0.25) is 21.8 Å². The van der Waals surface area contributed by atoms with E-state index in [1.54, 1.807) is 31.1 Å². The number of benzene rings is 1. The minimum Gasteiger partial charge on any atom is -0.349 e. The standard InChI is InChI=1S/C16H23N3O4S/c1-12(20)17-14-4-6-15(7-5-14)24(22,23)19-10-8-13(9-11-19)16(21)18(2)3/h4-7,13H,8-11H2,1-3H3,(H,17,20). The summed E-state index contributed by atoms with van der Waals surface area (Å²) in [5.74, 6) is -0.279. The zero-order valence-corrected chi connectivity index (χ0v) is 15.0. The third-order valence-corrected chi connectivity index (χ3v) is 5.97. The van der Waals surface area contributed by atoms with Gasteiger partial charge >= 0.3 is 0 Å². The molecule has 1 aliphatic rings. The molecule has 0 saturated carbocycles. The molecule has 1 N–H and O–H groups in total. The highest BCUT2D eigenvalue weighted by Gasteiger charge is 2.32. The Morgan fingerprint density at radius 1 is 1.12 bits per heavy atom. The van der Waals surface area contributed by atoms with Crippen LogP contribution >= 0.6 is 0 Å². The molecule has 132 valence electrons. The number of piperidine rings is 1. The van der Waals surface area contributed by atoms with Crippen LogP contribution in [0.25, 0.3) is 0 Å². The number of amides is 2. The summed E-state index contributed by atoms with van der Waals surface area (Å²) in [6.45, 7) is 2.06. The minimum absolute atomic E-state index is 0.0479. The fourth-order valence-electron chi connectivity index (χ4n) is 2.77. The van der Waals surface area contributed by atoms with Crippen molar-refractivity contribution in [2.24, 2.45) is 5.92 Å². The summed E-state index contributed by atoms with van der Waals surface area (Å²) in [6.07, 6.45) is 1.06. The van der Waals surface area contributed by atoms with Gasteiger partial charge in [0.25, 0.3) is 0 Å². The quantitative estimate of drug-likeness (QED) is 0.879. The molecule has 0 bridgehead atoms. The van der Waals surface area contributed by atoms with Gasteiger partial charge in [0.1, 0.15) is 0 Å². The summed E-state index contributed by atoms with van der Waals surface area (Å²) < 4.78 is 26.8. The Kier molecular flexibility index (Phi) is 5.61. The monoisotopic (exact) mass is 353 g/mol. The van der Waals surface area contributed by atoms with Crippen LogP contribution in [0.1, 0.15) is 19.8 Å². The molecule has 1 aromatic carbocycles. The Bertz CT molecular complexity index is 705. The van der Waals surface area contributed by atoms with Crippen LogP contribution in [0.3, 0.4) is 0 Å². The summed E-state index contributed by atoms with van der Waals surface area (Å²) in [5.41, 5.74) is 0.553. The lowest BCUT2D eigenvalue weighted by molar-refractivity contribution is -0.134. The van der Waals surface area contributed by atoms with Gasteiger partial charge in [0, 0.05) is 45.7 Å². The van der Waals surface area contributed by atoms with Gasteiger partial charge in [-0.25, -0.2) is 8.42 Å². The van der Waals surface area contributed by atoms with Crippen LogP contribution in [0.4, 0.5) is 5.69 Å². The first-order chi connectivity index (χ1) is 11.2. The van der Waals surface area contributed by atoms with Crippen molar-refractivity contribution in [3.8, 4) is 0 Å². The van der Waals surface area contributed by atoms with Crippen molar-refractivity contribution in [2.45, 2.75) is 24.7 Å². The van der Waals surface area contributed by atoms with Crippen LogP contribution in [0.5, 0.6) is 0 Å². The Balaban J connectivity index is 2.06. The highest BCUT2D eigenvalue weighted by atomic mass is 32.2. The average molecular weight is 353 g/mol. The van der Waals surface area contributed by atoms with E-state index < -0.39 is 10.0 Å². The summed E-state index contributed by atoms with van der Waals surface area (Å²) in [7, 11) is -0.160. The zero-order chi connectivity index (χ0) is 17.9. The fourth-order valence-corrected chi connectivity index (χ4v) is 4.24. The molecule has 24 heavy (non-hydrogen) atoms. The number of carbonyl (C=O) groups is 2. The van der Waals surface area contributed by atoms with Crippen molar-refractivity contribution in [3.05, 3.63) is 24.3 Å². The van der Waals surface area contributed by atoms with Gasteiger partial charge in [0.15, 0.2) is 0 Å². The summed E-state index contributed by atoms with van der Waals surface area (Å²) in [4.78, 5) is 24.7. The topological polar surface area (TPSA) is 86.8 Å². The van der Waals surface area contributed by atoms with Gasteiger partial charge in [-0.05, 0) is 37.1 Å². The first-order valence-electron chi connectivity index (χ1n) is 7.81. The van der Waals surface area contributed by atoms with Gasteiger partial charge in [-0.1, -0.05) is 0 Å². The van der Waals surface area contributed by atoms with Crippen LogP contribution in [-0.4, -0.2) is 56.6 Å². The molecule has 1 fully saturated rings. The molecule has 0 spiro atoms. The number of anilines is 1. The smallest absolute Gasteiger partial charge is 0.243 e. The van der Waals surface area contributed by atoms with E-state index >= 15 is 0 Å². The highest BCUT2D eigenvalue weighted by molar-refractivity contribution is 7.89. The van der Waals surface area contributed by atoms with Crippen molar-refractivity contribution >= 4 is 27.5 Å². The second-order valence-corrected chi connectivity index (χ2v) is 8.05. The zero-order valence-electron chi connectivity index (χ0n) is 14.2. The number of rotatable bonds is 4. The van der Waals surface area contributed by atoms with Gasteiger partial charge in [-0.3, -0.25) is 9.59 Å². The SMILES string of the molecule is CC(=O)Nc1ccc(S(=O)(=O)N2CCC(C(=O)N(C)C)CC2)cc1. The van der Waals surface area contributed by atoms with Crippen LogP contribution in [0, 0.1) is 5.92 Å². The molecule has 0 aliphatic carbocycles. The van der Waals surface area contributed by atoms with Crippen LogP contribution < -0.4 is 5.32 Å². The third kappa shape index (κ3) is 4.12. The van der Waals surface area contributed by atoms with Crippen molar-refractivity contribution in [3.63, 3.8) is 0 Å². The average Bonchev–Trinajstić information content (AvgIpc) is 2.54. The number of hydrogen-bond acceptors (Lipinski definition) is 4. The molecule has 2 rings (SSSR count). The minimum atomic E-state index is -3.58. The van der Waals surface area contributed by atoms with E-state index in [2.05, 4.69) is 5.32 Å². The Hall–Kier alpha value is -1.93. The molecule has 1 aromatic rings. The molecular formula is C16H23N3O4S. The lowest BCUT2D eigenvalue weighted by Crippen LogP contribution is -2.42. The Morgan fingerprint density at radius 2 is 1.67 bits per heavy atom. The molecule has 7 nitrogen and oxygen atoms in total. The van der Waals surface area contributed by atoms with Crippen molar-refractivity contribution in [1.29, 1.82) is 0 Å². The third-order valence-electron chi connectivity index (χ3n) is 4.06. The van der Waals surface area contributed by atoms with Crippen LogP contribution in [0.15, 0.2) is 29.2 Å². The van der Waals surface area contributed by atoms with E-state index in [9.17, 15) is 18.0 Å². The second-order valence-electron chi connectivity index (χ2n) is 6.12. The van der Waals surface area contributed by atoms with Crippen molar-refractivity contribution < 1.29 is 18.0 Å². The molecule has 1 heterocycles. The maximum atomic E-state index is 12.7. The predicted molar refractivity (Wildman–Crippen MR) is 90.9 cm³/mol. The summed E-state index contributed by atoms with van der Waals surface area (Å²) in [6, 6.07) is 6.10. The number of hydrogen-bond donors (Lipinski definition) is 1. The molecule has 0 radical (unpaired) electrons. The normalized spacial score (nSPS) is 16.6. The first kappa shape index (κ1) is 18.4. The lowest BCUT2D eigenvalue weighted by atomic mass is 9.97. The molecular weight excluding hydrogens is 330 g/mol. The molecule has 2 amide bonds. The van der Waals surface area contributed by atoms with Crippen LogP contribution in [0.2, 0.25) is 0 Å². The van der Waals surface area contributed by atoms with E-state index in [4.69, 9.17) is 0 Å². The van der Waals surface area contributed by atoms with Crippen molar-refractivity contribution in [2.75, 3.05) is 32.5 Å². The predicted octanol–water partition coefficient (Wildman–Crippen LogP) is 1.13. The van der Waals surface area contributed by atoms with E-state index in [-0.39, 0.29) is 22.6 Å². The number of sulfonamides is 1. The van der Waals surface area contributed by atoms with Crippen molar-refractivity contribution in [1.82, 2.24) is 9.21 Å². The first-order valence-corrected chi connectivity index (χ1v) is 9.25. The molecule has 0 atom stereocenters. The van der Waals surface area contributed by atoms with E-state index in [0.717, 1.165) is 0 Å². The Labute approximate surface area is 142 Å². The van der Waals surface area contributed by atoms with Gasteiger partial charge in [-0.15, -0.1) is 0 Å². The number of nitrogens with zero attached hydrogens (tertiary/aromatic N) is 2. The fraction of sp³-hybridized carbons (Fsp3) is 0.500. The Morgan fingerprint density at radius 3 is 2.12 bits per heavy atom. The van der Waals surface area contributed by atoms with Gasteiger partial charge in [0.05, 0.1) is 4.90 Å². The maximum Gasteiger partial charge on any atom is 0.243 e. The summed E-state index contributed by atoms with van der Waals surface area (Å²) >= 11 is 0. The maximum absolute atomic E-state index is 12.7. The van der Waals surface area contributed by atoms with Gasteiger partial charge in [-0.2, -0.15) is 4.31 Å². The molecule has 8 heteroatoms. The summed E-state index contributed by atoms with van der Waals surface area (Å²) in [5, 5.41) is 2.60. The molecule has 1 aliphatic heterocycles. The molecule has 0 aromatic heterocycles. The number of nitrogens with one attached hydrogen (secondary N) is 1. The van der Waals surface area contributed by atoms with E-state index in [0.29, 0.717) is 31.6 Å². The highest BCUT2D eigenvalue weighted by Crippen LogP contribution is 2.25. The van der Waals surface area contributed by atoms with Gasteiger partial charge < -0.3 is 10.2 Å². The molecule has 1 saturated heterocycles. The lowest BCUT2D eigenvalue weighted by Gasteiger charge is -2.31. The van der Waals surface area contributed by atoms with E-state index in [1.807, 2.05) is 0 Å². The second kappa shape index (κ2) is 7.31. The molecule has 0 unspecified atom stereocenters. The largest absolute Gasteiger partial charge is 0.349 e. The van der Waals surface area contributed by atoms with Crippen LogP contribution in [-0.2, 0) is 19.6 Å².